The molecule has 0 aliphatic heterocycles. The predicted octanol–water partition coefficient (Wildman–Crippen LogP) is 2.55. The predicted molar refractivity (Wildman–Crippen MR) is 84.0 cm³/mol. The SMILES string of the molecule is COc1cc(SC)ccc1C(=O)NNC(=O)c1cccs1. The summed E-state index contributed by atoms with van der Waals surface area (Å²) in [4.78, 5) is 25.4. The summed E-state index contributed by atoms with van der Waals surface area (Å²) < 4.78 is 5.20. The highest BCUT2D eigenvalue weighted by molar-refractivity contribution is 7.98. The molecule has 0 spiro atoms. The van der Waals surface area contributed by atoms with Crippen molar-refractivity contribution < 1.29 is 14.3 Å². The fourth-order valence-electron chi connectivity index (χ4n) is 1.64. The van der Waals surface area contributed by atoms with E-state index in [0.717, 1.165) is 4.90 Å². The number of thiophene rings is 1. The van der Waals surface area contributed by atoms with Crippen LogP contribution >= 0.6 is 23.1 Å². The molecular formula is C14H14N2O3S2. The van der Waals surface area contributed by atoms with Crippen molar-refractivity contribution in [3.8, 4) is 5.75 Å². The van der Waals surface area contributed by atoms with Crippen LogP contribution in [0.1, 0.15) is 20.0 Å². The summed E-state index contributed by atoms with van der Waals surface area (Å²) in [6.07, 6.45) is 1.94. The zero-order chi connectivity index (χ0) is 15.2. The number of carbonyl (C=O) groups is 2. The summed E-state index contributed by atoms with van der Waals surface area (Å²) in [5, 5.41) is 1.79. The first-order valence-electron chi connectivity index (χ1n) is 6.02. The van der Waals surface area contributed by atoms with E-state index in [4.69, 9.17) is 4.74 Å². The van der Waals surface area contributed by atoms with E-state index in [1.165, 1.54) is 18.4 Å². The number of benzene rings is 1. The molecule has 5 nitrogen and oxygen atoms in total. The minimum absolute atomic E-state index is 0.349. The van der Waals surface area contributed by atoms with Gasteiger partial charge in [-0.05, 0) is 35.9 Å². The molecule has 0 saturated carbocycles. The molecule has 0 radical (unpaired) electrons. The first kappa shape index (κ1) is 15.4. The number of ether oxygens (including phenoxy) is 1. The van der Waals surface area contributed by atoms with E-state index in [-0.39, 0.29) is 5.91 Å². The Kier molecular flexibility index (Phi) is 5.24. The van der Waals surface area contributed by atoms with Gasteiger partial charge in [-0.3, -0.25) is 20.4 Å². The second-order valence-corrected chi connectivity index (χ2v) is 5.78. The van der Waals surface area contributed by atoms with E-state index in [1.807, 2.05) is 12.3 Å². The third kappa shape index (κ3) is 3.77. The van der Waals surface area contributed by atoms with E-state index >= 15 is 0 Å². The zero-order valence-corrected chi connectivity index (χ0v) is 13.1. The lowest BCUT2D eigenvalue weighted by Gasteiger charge is -2.11. The number of hydrogen-bond acceptors (Lipinski definition) is 5. The Bertz CT molecular complexity index is 642. The summed E-state index contributed by atoms with van der Waals surface area (Å²) in [5.74, 6) is -0.313. The number of thioether (sulfide) groups is 1. The fraction of sp³-hybridized carbons (Fsp3) is 0.143. The molecule has 0 bridgehead atoms. The molecule has 1 heterocycles. The summed E-state index contributed by atoms with van der Waals surface area (Å²) in [6, 6.07) is 8.72. The van der Waals surface area contributed by atoms with Crippen LogP contribution in [0, 0.1) is 0 Å². The second kappa shape index (κ2) is 7.14. The third-order valence-electron chi connectivity index (χ3n) is 2.69. The summed E-state index contributed by atoms with van der Waals surface area (Å²) >= 11 is 2.86. The van der Waals surface area contributed by atoms with Crippen LogP contribution in [0.5, 0.6) is 5.75 Å². The lowest BCUT2D eigenvalue weighted by atomic mass is 10.2. The minimum Gasteiger partial charge on any atom is -0.496 e. The lowest BCUT2D eigenvalue weighted by molar-refractivity contribution is 0.0847. The maximum absolute atomic E-state index is 12.1. The van der Waals surface area contributed by atoms with Gasteiger partial charge in [0.05, 0.1) is 17.6 Å². The van der Waals surface area contributed by atoms with Gasteiger partial charge in [0, 0.05) is 4.90 Å². The van der Waals surface area contributed by atoms with Gasteiger partial charge in [0.15, 0.2) is 0 Å². The molecule has 110 valence electrons. The van der Waals surface area contributed by atoms with Crippen LogP contribution in [0.4, 0.5) is 0 Å². The van der Waals surface area contributed by atoms with Gasteiger partial charge in [-0.1, -0.05) is 6.07 Å². The first-order valence-corrected chi connectivity index (χ1v) is 8.12. The van der Waals surface area contributed by atoms with Crippen LogP contribution in [-0.2, 0) is 0 Å². The van der Waals surface area contributed by atoms with Gasteiger partial charge in [0.2, 0.25) is 0 Å². The molecule has 0 unspecified atom stereocenters. The van der Waals surface area contributed by atoms with E-state index in [2.05, 4.69) is 10.9 Å². The Morgan fingerprint density at radius 3 is 2.57 bits per heavy atom. The van der Waals surface area contributed by atoms with Crippen molar-refractivity contribution in [1.29, 1.82) is 0 Å². The molecule has 21 heavy (non-hydrogen) atoms. The van der Waals surface area contributed by atoms with Crippen molar-refractivity contribution in [2.75, 3.05) is 13.4 Å². The highest BCUT2D eigenvalue weighted by atomic mass is 32.2. The molecule has 0 aliphatic rings. The highest BCUT2D eigenvalue weighted by Crippen LogP contribution is 2.25. The number of hydrogen-bond donors (Lipinski definition) is 2. The number of amides is 2. The highest BCUT2D eigenvalue weighted by Gasteiger charge is 2.14. The topological polar surface area (TPSA) is 67.4 Å². The van der Waals surface area contributed by atoms with E-state index in [1.54, 1.807) is 41.4 Å². The Hall–Kier alpha value is -1.99. The normalized spacial score (nSPS) is 10.0. The van der Waals surface area contributed by atoms with Gasteiger partial charge in [-0.15, -0.1) is 23.1 Å². The Morgan fingerprint density at radius 2 is 1.95 bits per heavy atom. The van der Waals surface area contributed by atoms with Crippen molar-refractivity contribution in [1.82, 2.24) is 10.9 Å². The van der Waals surface area contributed by atoms with Crippen molar-refractivity contribution >= 4 is 34.9 Å². The van der Waals surface area contributed by atoms with Crippen LogP contribution < -0.4 is 15.6 Å². The van der Waals surface area contributed by atoms with Gasteiger partial charge in [0.1, 0.15) is 5.75 Å². The number of rotatable bonds is 4. The molecule has 0 aliphatic carbocycles. The van der Waals surface area contributed by atoms with Crippen LogP contribution in [-0.4, -0.2) is 25.2 Å². The standard InChI is InChI=1S/C14H14N2O3S2/c1-19-11-8-9(20-2)5-6-10(11)13(17)15-16-14(18)12-4-3-7-21-12/h3-8H,1-2H3,(H,15,17)(H,16,18). The van der Waals surface area contributed by atoms with Crippen molar-refractivity contribution in [2.45, 2.75) is 4.90 Å². The van der Waals surface area contributed by atoms with Crippen molar-refractivity contribution in [2.24, 2.45) is 0 Å². The molecule has 1 aromatic carbocycles. The lowest BCUT2D eigenvalue weighted by Crippen LogP contribution is -2.41. The zero-order valence-electron chi connectivity index (χ0n) is 11.5. The van der Waals surface area contributed by atoms with E-state index in [9.17, 15) is 9.59 Å². The Labute approximate surface area is 130 Å². The molecular weight excluding hydrogens is 308 g/mol. The number of methoxy groups -OCH3 is 1. The van der Waals surface area contributed by atoms with Crippen LogP contribution in [0.2, 0.25) is 0 Å². The van der Waals surface area contributed by atoms with Crippen LogP contribution in [0.25, 0.3) is 0 Å². The van der Waals surface area contributed by atoms with E-state index < -0.39 is 5.91 Å². The van der Waals surface area contributed by atoms with Gasteiger partial charge in [-0.2, -0.15) is 0 Å². The average Bonchev–Trinajstić information content (AvgIpc) is 3.06. The molecule has 2 N–H and O–H groups in total. The van der Waals surface area contributed by atoms with Crippen LogP contribution in [0.3, 0.4) is 0 Å². The monoisotopic (exact) mass is 322 g/mol. The van der Waals surface area contributed by atoms with Gasteiger partial charge >= 0.3 is 0 Å². The molecule has 7 heteroatoms. The molecule has 0 saturated heterocycles. The molecule has 0 fully saturated rings. The second-order valence-electron chi connectivity index (χ2n) is 3.95. The quantitative estimate of drug-likeness (QED) is 0.670. The molecule has 2 aromatic rings. The van der Waals surface area contributed by atoms with Crippen molar-refractivity contribution in [3.63, 3.8) is 0 Å². The largest absolute Gasteiger partial charge is 0.496 e. The number of hydrazine groups is 1. The van der Waals surface area contributed by atoms with Crippen molar-refractivity contribution in [3.05, 3.63) is 46.2 Å². The Morgan fingerprint density at radius 1 is 1.19 bits per heavy atom. The van der Waals surface area contributed by atoms with E-state index in [0.29, 0.717) is 16.2 Å². The third-order valence-corrected chi connectivity index (χ3v) is 4.28. The Balaban J connectivity index is 2.05. The average molecular weight is 322 g/mol. The number of carbonyl (C=O) groups excluding carboxylic acids is 2. The van der Waals surface area contributed by atoms with Gasteiger partial charge < -0.3 is 4.74 Å². The van der Waals surface area contributed by atoms with Crippen LogP contribution in [0.15, 0.2) is 40.6 Å². The maximum Gasteiger partial charge on any atom is 0.279 e. The number of nitrogens with one attached hydrogen (secondary N) is 2. The van der Waals surface area contributed by atoms with Gasteiger partial charge in [-0.25, -0.2) is 0 Å². The molecule has 0 atom stereocenters. The molecule has 2 rings (SSSR count). The smallest absolute Gasteiger partial charge is 0.279 e. The fourth-order valence-corrected chi connectivity index (χ4v) is 2.68. The molecule has 2 amide bonds. The summed E-state index contributed by atoms with van der Waals surface area (Å²) in [6.45, 7) is 0. The summed E-state index contributed by atoms with van der Waals surface area (Å²) in [5.41, 5.74) is 5.12. The molecule has 1 aromatic heterocycles. The van der Waals surface area contributed by atoms with Gasteiger partial charge in [0.25, 0.3) is 11.8 Å². The minimum atomic E-state index is -0.426. The summed E-state index contributed by atoms with van der Waals surface area (Å²) in [7, 11) is 1.50. The maximum atomic E-state index is 12.1. The first-order chi connectivity index (χ1) is 10.2.